The number of carbonyl (C=O) groups excluding carboxylic acids is 3. The van der Waals surface area contributed by atoms with Gasteiger partial charge in [-0.3, -0.25) is 19.3 Å². The van der Waals surface area contributed by atoms with Crippen molar-refractivity contribution in [2.45, 2.75) is 6.54 Å². The van der Waals surface area contributed by atoms with Crippen LogP contribution in [0.4, 0.5) is 9.18 Å². The van der Waals surface area contributed by atoms with Crippen LogP contribution < -0.4 is 10.5 Å². The van der Waals surface area contributed by atoms with Gasteiger partial charge in [0.25, 0.3) is 17.1 Å². The number of primary amides is 1. The van der Waals surface area contributed by atoms with Crippen molar-refractivity contribution in [2.24, 2.45) is 5.73 Å². The zero-order valence-corrected chi connectivity index (χ0v) is 14.9. The van der Waals surface area contributed by atoms with Gasteiger partial charge in [-0.1, -0.05) is 30.3 Å². The second-order valence-corrected chi connectivity index (χ2v) is 6.68. The molecule has 27 heavy (non-hydrogen) atoms. The quantitative estimate of drug-likeness (QED) is 0.771. The SMILES string of the molecule is NC(=O)COc1ccccc1C=C1SC(=O)N(Cc2ccc(F)cc2)C1=O. The lowest BCUT2D eigenvalue weighted by Gasteiger charge is -2.12. The van der Waals surface area contributed by atoms with E-state index in [-0.39, 0.29) is 23.9 Å². The Morgan fingerprint density at radius 2 is 1.85 bits per heavy atom. The summed E-state index contributed by atoms with van der Waals surface area (Å²) in [6.45, 7) is -0.237. The highest BCUT2D eigenvalue weighted by Crippen LogP contribution is 2.34. The zero-order valence-electron chi connectivity index (χ0n) is 14.1. The highest BCUT2D eigenvalue weighted by molar-refractivity contribution is 8.18. The van der Waals surface area contributed by atoms with Crippen molar-refractivity contribution in [1.82, 2.24) is 4.90 Å². The molecule has 2 aromatic rings. The number of halogens is 1. The molecule has 3 amide bonds. The molecular formula is C19H15FN2O4S. The Morgan fingerprint density at radius 1 is 1.15 bits per heavy atom. The molecule has 0 aromatic heterocycles. The fourth-order valence-electron chi connectivity index (χ4n) is 2.43. The number of amides is 3. The molecule has 0 unspecified atom stereocenters. The average molecular weight is 386 g/mol. The fraction of sp³-hybridized carbons (Fsp3) is 0.105. The summed E-state index contributed by atoms with van der Waals surface area (Å²) in [6, 6.07) is 12.4. The van der Waals surface area contributed by atoms with Gasteiger partial charge >= 0.3 is 0 Å². The van der Waals surface area contributed by atoms with E-state index in [0.29, 0.717) is 16.9 Å². The molecule has 0 bridgehead atoms. The minimum Gasteiger partial charge on any atom is -0.483 e. The molecule has 1 aliphatic heterocycles. The Morgan fingerprint density at radius 3 is 2.56 bits per heavy atom. The number of nitrogens with zero attached hydrogens (tertiary/aromatic N) is 1. The van der Waals surface area contributed by atoms with Gasteiger partial charge in [0.1, 0.15) is 11.6 Å². The van der Waals surface area contributed by atoms with Crippen molar-refractivity contribution in [3.63, 3.8) is 0 Å². The number of imide groups is 1. The summed E-state index contributed by atoms with van der Waals surface area (Å²) in [5.41, 5.74) is 6.27. The molecule has 6 nitrogen and oxygen atoms in total. The van der Waals surface area contributed by atoms with E-state index in [1.807, 2.05) is 0 Å². The summed E-state index contributed by atoms with van der Waals surface area (Å²) < 4.78 is 18.3. The van der Waals surface area contributed by atoms with Gasteiger partial charge in [0, 0.05) is 5.56 Å². The van der Waals surface area contributed by atoms with Crippen molar-refractivity contribution < 1.29 is 23.5 Å². The number of benzene rings is 2. The first kappa shape index (κ1) is 18.7. The van der Waals surface area contributed by atoms with E-state index in [9.17, 15) is 18.8 Å². The number of para-hydroxylation sites is 1. The minimum absolute atomic E-state index is 0.0576. The molecular weight excluding hydrogens is 371 g/mol. The van der Waals surface area contributed by atoms with E-state index in [0.717, 1.165) is 16.7 Å². The third-order valence-corrected chi connectivity index (χ3v) is 4.61. The highest BCUT2D eigenvalue weighted by Gasteiger charge is 2.35. The second kappa shape index (κ2) is 8.05. The number of carbonyl (C=O) groups is 3. The minimum atomic E-state index is -0.621. The van der Waals surface area contributed by atoms with Gasteiger partial charge in [-0.05, 0) is 41.6 Å². The maximum atomic E-state index is 13.0. The first-order valence-corrected chi connectivity index (χ1v) is 8.75. The maximum Gasteiger partial charge on any atom is 0.293 e. The van der Waals surface area contributed by atoms with Gasteiger partial charge in [0.2, 0.25) is 0 Å². The molecule has 3 rings (SSSR count). The lowest BCUT2D eigenvalue weighted by atomic mass is 10.1. The maximum absolute atomic E-state index is 13.0. The van der Waals surface area contributed by atoms with E-state index in [1.165, 1.54) is 30.3 Å². The second-order valence-electron chi connectivity index (χ2n) is 5.69. The summed E-state index contributed by atoms with van der Waals surface area (Å²) in [7, 11) is 0. The molecule has 138 valence electrons. The van der Waals surface area contributed by atoms with Crippen molar-refractivity contribution in [3.05, 3.63) is 70.4 Å². The van der Waals surface area contributed by atoms with Crippen LogP contribution in [0.5, 0.6) is 5.75 Å². The Balaban J connectivity index is 1.80. The van der Waals surface area contributed by atoms with Crippen LogP contribution >= 0.6 is 11.8 Å². The van der Waals surface area contributed by atoms with Crippen molar-refractivity contribution in [2.75, 3.05) is 6.61 Å². The van der Waals surface area contributed by atoms with Crippen LogP contribution in [-0.2, 0) is 16.1 Å². The van der Waals surface area contributed by atoms with Crippen molar-refractivity contribution >= 4 is 34.9 Å². The first-order chi connectivity index (χ1) is 12.9. The number of ether oxygens (including phenoxy) is 1. The van der Waals surface area contributed by atoms with Crippen LogP contribution in [0.3, 0.4) is 0 Å². The van der Waals surface area contributed by atoms with E-state index in [4.69, 9.17) is 10.5 Å². The molecule has 1 aliphatic rings. The number of hydrogen-bond donors (Lipinski definition) is 1. The van der Waals surface area contributed by atoms with E-state index in [1.54, 1.807) is 24.3 Å². The van der Waals surface area contributed by atoms with Gasteiger partial charge in [0.05, 0.1) is 11.4 Å². The third-order valence-electron chi connectivity index (χ3n) is 3.70. The number of rotatable bonds is 6. The first-order valence-electron chi connectivity index (χ1n) is 7.94. The van der Waals surface area contributed by atoms with E-state index >= 15 is 0 Å². The van der Waals surface area contributed by atoms with Crippen LogP contribution in [0.1, 0.15) is 11.1 Å². The topological polar surface area (TPSA) is 89.7 Å². The largest absolute Gasteiger partial charge is 0.483 e. The molecule has 0 atom stereocenters. The normalized spacial score (nSPS) is 15.4. The third kappa shape index (κ3) is 4.53. The average Bonchev–Trinajstić information content (AvgIpc) is 2.90. The molecule has 0 aliphatic carbocycles. The van der Waals surface area contributed by atoms with Crippen LogP contribution in [0.15, 0.2) is 53.4 Å². The number of hydrogen-bond acceptors (Lipinski definition) is 5. The van der Waals surface area contributed by atoms with Crippen molar-refractivity contribution in [3.8, 4) is 5.75 Å². The molecule has 8 heteroatoms. The van der Waals surface area contributed by atoms with E-state index < -0.39 is 17.1 Å². The van der Waals surface area contributed by atoms with E-state index in [2.05, 4.69) is 0 Å². The number of thioether (sulfide) groups is 1. The lowest BCUT2D eigenvalue weighted by molar-refractivity contribution is -0.123. The molecule has 0 saturated carbocycles. The summed E-state index contributed by atoms with van der Waals surface area (Å²) in [4.78, 5) is 37.1. The van der Waals surface area contributed by atoms with Crippen molar-refractivity contribution in [1.29, 1.82) is 0 Å². The Kier molecular flexibility index (Phi) is 5.56. The lowest BCUT2D eigenvalue weighted by Crippen LogP contribution is -2.27. The summed E-state index contributed by atoms with van der Waals surface area (Å²) >= 11 is 0.809. The fourth-order valence-corrected chi connectivity index (χ4v) is 3.26. The molecule has 1 heterocycles. The van der Waals surface area contributed by atoms with Gasteiger partial charge in [-0.15, -0.1) is 0 Å². The zero-order chi connectivity index (χ0) is 19.4. The standard InChI is InChI=1S/C19H15FN2O4S/c20-14-7-5-12(6-8-14)10-22-18(24)16(27-19(22)25)9-13-3-1-2-4-15(13)26-11-17(21)23/h1-9H,10-11H2,(H2,21,23). The number of nitrogens with two attached hydrogens (primary N) is 1. The smallest absolute Gasteiger partial charge is 0.293 e. The molecule has 2 aromatic carbocycles. The Hall–Kier alpha value is -3.13. The summed E-state index contributed by atoms with van der Waals surface area (Å²) in [6.07, 6.45) is 1.53. The summed E-state index contributed by atoms with van der Waals surface area (Å²) in [5, 5.41) is -0.411. The molecule has 1 saturated heterocycles. The molecule has 0 spiro atoms. The van der Waals surface area contributed by atoms with Gasteiger partial charge in [-0.2, -0.15) is 0 Å². The van der Waals surface area contributed by atoms with Crippen LogP contribution in [0.25, 0.3) is 6.08 Å². The van der Waals surface area contributed by atoms with Crippen LogP contribution in [-0.4, -0.2) is 28.6 Å². The summed E-state index contributed by atoms with van der Waals surface area (Å²) in [5.74, 6) is -1.08. The predicted octanol–water partition coefficient (Wildman–Crippen LogP) is 2.93. The highest BCUT2D eigenvalue weighted by atomic mass is 32.2. The monoisotopic (exact) mass is 386 g/mol. The van der Waals surface area contributed by atoms with Crippen LogP contribution in [0, 0.1) is 5.82 Å². The van der Waals surface area contributed by atoms with Gasteiger partial charge in [-0.25, -0.2) is 4.39 Å². The predicted molar refractivity (Wildman–Crippen MR) is 99.0 cm³/mol. The van der Waals surface area contributed by atoms with Gasteiger partial charge in [0.15, 0.2) is 6.61 Å². The Bertz CT molecular complexity index is 928. The van der Waals surface area contributed by atoms with Gasteiger partial charge < -0.3 is 10.5 Å². The van der Waals surface area contributed by atoms with Crippen LogP contribution in [0.2, 0.25) is 0 Å². The molecule has 2 N–H and O–H groups in total. The Labute approximate surface area is 158 Å². The molecule has 1 fully saturated rings. The molecule has 0 radical (unpaired) electrons.